The second-order valence-corrected chi connectivity index (χ2v) is 2.24. The van der Waals surface area contributed by atoms with Crippen molar-refractivity contribution in [3.05, 3.63) is 23.8 Å². The molecule has 0 heterocycles. The normalized spacial score (nSPS) is 8.38. The number of rotatable bonds is 0. The Morgan fingerprint density at radius 2 is 1.69 bits per heavy atom. The van der Waals surface area contributed by atoms with E-state index in [-0.39, 0.29) is 11.5 Å². The van der Waals surface area contributed by atoms with Gasteiger partial charge in [-0.1, -0.05) is 6.07 Å². The fourth-order valence-electron chi connectivity index (χ4n) is 0.633. The van der Waals surface area contributed by atoms with Gasteiger partial charge in [0.1, 0.15) is 0 Å². The van der Waals surface area contributed by atoms with E-state index in [9.17, 15) is 0 Å². The number of phenols is 2. The molecule has 0 aromatic heterocycles. The van der Waals surface area contributed by atoms with Gasteiger partial charge in [0.2, 0.25) is 0 Å². The minimum absolute atomic E-state index is 0.0602. The molecule has 0 aliphatic heterocycles. The van der Waals surface area contributed by atoms with Crippen molar-refractivity contribution in [2.24, 2.45) is 0 Å². The summed E-state index contributed by atoms with van der Waals surface area (Å²) in [7, 11) is 0. The Kier molecular flexibility index (Phi) is 4.15. The summed E-state index contributed by atoms with van der Waals surface area (Å²) < 4.78 is 0. The highest BCUT2D eigenvalue weighted by Crippen LogP contribution is 2.23. The van der Waals surface area contributed by atoms with Crippen molar-refractivity contribution < 1.29 is 25.2 Å². The molecule has 0 unspecified atom stereocenters. The first-order chi connectivity index (χ1) is 5.93. The molecule has 13 heavy (non-hydrogen) atoms. The Labute approximate surface area is 74.5 Å². The van der Waals surface area contributed by atoms with Crippen molar-refractivity contribution in [1.82, 2.24) is 0 Å². The number of aryl methyl sites for hydroxylation is 1. The first-order valence-corrected chi connectivity index (χ1v) is 3.30. The molecule has 1 aromatic rings. The average Bonchev–Trinajstić information content (AvgIpc) is 1.96. The van der Waals surface area contributed by atoms with Gasteiger partial charge in [0.05, 0.1) is 0 Å². The second-order valence-electron chi connectivity index (χ2n) is 2.24. The van der Waals surface area contributed by atoms with Gasteiger partial charge in [-0.2, -0.15) is 0 Å². The molecule has 0 aliphatic rings. The summed E-state index contributed by atoms with van der Waals surface area (Å²) in [5.41, 5.74) is 0.935. The smallest absolute Gasteiger partial charge is 0.157 e. The lowest BCUT2D eigenvalue weighted by molar-refractivity contribution is -0.415. The summed E-state index contributed by atoms with van der Waals surface area (Å²) in [5, 5.41) is 34.3. The second kappa shape index (κ2) is 4.87. The van der Waals surface area contributed by atoms with Crippen LogP contribution in [0.1, 0.15) is 5.56 Å². The van der Waals surface area contributed by atoms with E-state index in [2.05, 4.69) is 0 Å². The zero-order valence-corrected chi connectivity index (χ0v) is 6.85. The lowest BCUT2D eigenvalue weighted by Crippen LogP contribution is -2.37. The number of carbonyl (C=O) groups is 1. The van der Waals surface area contributed by atoms with Gasteiger partial charge >= 0.3 is 0 Å². The molecule has 2 N–H and O–H groups in total. The summed E-state index contributed by atoms with van der Waals surface area (Å²) in [5.74, 6) is -0.129. The summed E-state index contributed by atoms with van der Waals surface area (Å²) in [4.78, 5) is 8.33. The standard InChI is InChI=1S/C7H8O2.CH2O3/c1-5-2-3-6(8)7(9)4-5;2-1(3)4/h2-4,8-9H,1H3;(H2,2,3,4)/p-2. The fourth-order valence-corrected chi connectivity index (χ4v) is 0.633. The molecule has 72 valence electrons. The minimum Gasteiger partial charge on any atom is -0.652 e. The lowest BCUT2D eigenvalue weighted by Gasteiger charge is -1.96. The van der Waals surface area contributed by atoms with Crippen molar-refractivity contribution in [2.45, 2.75) is 6.92 Å². The van der Waals surface area contributed by atoms with E-state index < -0.39 is 6.16 Å². The molecule has 0 saturated carbocycles. The van der Waals surface area contributed by atoms with E-state index in [4.69, 9.17) is 25.2 Å². The summed E-state index contributed by atoms with van der Waals surface area (Å²) in [6.07, 6.45) is -2.33. The average molecular weight is 184 g/mol. The Morgan fingerprint density at radius 3 is 2.00 bits per heavy atom. The molecule has 0 fully saturated rings. The maximum Gasteiger partial charge on any atom is 0.157 e. The van der Waals surface area contributed by atoms with E-state index in [0.29, 0.717) is 0 Å². The maximum absolute atomic E-state index is 8.85. The summed E-state index contributed by atoms with van der Waals surface area (Å²) in [6, 6.07) is 4.70. The van der Waals surface area contributed by atoms with Crippen LogP contribution in [0.5, 0.6) is 11.5 Å². The molecule has 0 bridgehead atoms. The van der Waals surface area contributed by atoms with Gasteiger partial charge in [0, 0.05) is 0 Å². The highest BCUT2D eigenvalue weighted by atomic mass is 16.6. The molecule has 1 aromatic carbocycles. The largest absolute Gasteiger partial charge is 0.652 e. The molecule has 0 radical (unpaired) electrons. The zero-order chi connectivity index (χ0) is 10.4. The van der Waals surface area contributed by atoms with Crippen molar-refractivity contribution in [3.8, 4) is 11.5 Å². The third-order valence-electron chi connectivity index (χ3n) is 1.13. The third kappa shape index (κ3) is 5.37. The van der Waals surface area contributed by atoms with E-state index in [0.717, 1.165) is 5.56 Å². The van der Waals surface area contributed by atoms with Crippen LogP contribution in [0.4, 0.5) is 4.79 Å². The third-order valence-corrected chi connectivity index (χ3v) is 1.13. The van der Waals surface area contributed by atoms with Crippen LogP contribution in [-0.2, 0) is 0 Å². The number of phenolic OH excluding ortho intramolecular Hbond substituents is 2. The molecule has 0 spiro atoms. The molecule has 0 amide bonds. The predicted molar refractivity (Wildman–Crippen MR) is 39.9 cm³/mol. The van der Waals surface area contributed by atoms with Gasteiger partial charge in [-0.25, -0.2) is 0 Å². The lowest BCUT2D eigenvalue weighted by atomic mass is 10.2. The van der Waals surface area contributed by atoms with E-state index in [1.165, 1.54) is 12.1 Å². The number of hydrogen-bond donors (Lipinski definition) is 2. The van der Waals surface area contributed by atoms with Crippen LogP contribution < -0.4 is 10.2 Å². The number of aromatic hydroxyl groups is 2. The van der Waals surface area contributed by atoms with Crippen LogP contribution in [0.15, 0.2) is 18.2 Å². The Hall–Kier alpha value is -1.91. The van der Waals surface area contributed by atoms with E-state index in [1.807, 2.05) is 6.92 Å². The number of hydrogen-bond acceptors (Lipinski definition) is 5. The maximum atomic E-state index is 8.85. The molecule has 0 saturated heterocycles. The van der Waals surface area contributed by atoms with Crippen LogP contribution in [0, 0.1) is 6.92 Å². The SMILES string of the molecule is Cc1ccc(O)c(O)c1.O=C([O-])[O-]. The topological polar surface area (TPSA) is 104 Å². The molecule has 0 atom stereocenters. The van der Waals surface area contributed by atoms with Crippen LogP contribution in [0.25, 0.3) is 0 Å². The molecular formula is C8H8O5-2. The zero-order valence-electron chi connectivity index (χ0n) is 6.85. The van der Waals surface area contributed by atoms with Crippen LogP contribution in [-0.4, -0.2) is 16.4 Å². The minimum atomic E-state index is -2.33. The highest BCUT2D eigenvalue weighted by Gasteiger charge is 1.94. The van der Waals surface area contributed by atoms with Gasteiger partial charge in [0.25, 0.3) is 0 Å². The van der Waals surface area contributed by atoms with Gasteiger partial charge in [0.15, 0.2) is 11.5 Å². The number of carboxylic acid groups (broad SMARTS) is 2. The van der Waals surface area contributed by atoms with E-state index >= 15 is 0 Å². The number of carbonyl (C=O) groups excluding carboxylic acids is 1. The van der Waals surface area contributed by atoms with E-state index in [1.54, 1.807) is 6.07 Å². The van der Waals surface area contributed by atoms with Crippen molar-refractivity contribution in [2.75, 3.05) is 0 Å². The van der Waals surface area contributed by atoms with Gasteiger partial charge < -0.3 is 25.2 Å². The van der Waals surface area contributed by atoms with Crippen molar-refractivity contribution in [1.29, 1.82) is 0 Å². The van der Waals surface area contributed by atoms with Gasteiger partial charge in [-0.15, -0.1) is 0 Å². The van der Waals surface area contributed by atoms with Crippen LogP contribution in [0.3, 0.4) is 0 Å². The summed E-state index contributed by atoms with van der Waals surface area (Å²) in [6.45, 7) is 1.85. The molecule has 5 heteroatoms. The Balaban J connectivity index is 0.000000310. The highest BCUT2D eigenvalue weighted by molar-refractivity contribution is 5.47. The molecule has 5 nitrogen and oxygen atoms in total. The predicted octanol–water partition coefficient (Wildman–Crippen LogP) is -1.04. The van der Waals surface area contributed by atoms with Crippen molar-refractivity contribution >= 4 is 6.16 Å². The molecule has 0 aliphatic carbocycles. The monoisotopic (exact) mass is 184 g/mol. The first kappa shape index (κ1) is 11.1. The van der Waals surface area contributed by atoms with Crippen LogP contribution >= 0.6 is 0 Å². The summed E-state index contributed by atoms with van der Waals surface area (Å²) >= 11 is 0. The first-order valence-electron chi connectivity index (χ1n) is 3.30. The number of benzene rings is 1. The van der Waals surface area contributed by atoms with Gasteiger partial charge in [-0.3, -0.25) is 0 Å². The Bertz CT molecular complexity index is 291. The Morgan fingerprint density at radius 1 is 1.23 bits per heavy atom. The fraction of sp³-hybridized carbons (Fsp3) is 0.125. The van der Waals surface area contributed by atoms with Crippen LogP contribution in [0.2, 0.25) is 0 Å². The molecule has 1 rings (SSSR count). The van der Waals surface area contributed by atoms with Gasteiger partial charge in [-0.05, 0) is 30.8 Å². The quantitative estimate of drug-likeness (QED) is 0.501. The molecular weight excluding hydrogens is 176 g/mol. The van der Waals surface area contributed by atoms with Crippen molar-refractivity contribution in [3.63, 3.8) is 0 Å².